The molecule has 0 radical (unpaired) electrons. The molecule has 2 rings (SSSR count). The number of hydrogen-bond donors (Lipinski definition) is 2. The van der Waals surface area contributed by atoms with Crippen molar-refractivity contribution in [3.05, 3.63) is 29.3 Å². The van der Waals surface area contributed by atoms with Gasteiger partial charge >= 0.3 is 5.97 Å². The Hall–Kier alpha value is -1.59. The summed E-state index contributed by atoms with van der Waals surface area (Å²) in [5.41, 5.74) is 0.579. The molecule has 1 amide bonds. The van der Waals surface area contributed by atoms with E-state index in [1.807, 2.05) is 4.90 Å². The third-order valence-corrected chi connectivity index (χ3v) is 3.75. The van der Waals surface area contributed by atoms with Gasteiger partial charge in [0.25, 0.3) is 0 Å². The Morgan fingerprint density at radius 2 is 2.15 bits per heavy atom. The first kappa shape index (κ1) is 14.8. The van der Waals surface area contributed by atoms with Crippen molar-refractivity contribution in [3.63, 3.8) is 0 Å². The van der Waals surface area contributed by atoms with Gasteiger partial charge in [-0.05, 0) is 31.5 Å². The van der Waals surface area contributed by atoms with E-state index < -0.39 is 12.0 Å². The molecule has 20 heavy (non-hydrogen) atoms. The number of carboxylic acids is 1. The minimum atomic E-state index is -0.811. The lowest BCUT2D eigenvalue weighted by Gasteiger charge is -2.20. The zero-order valence-electron chi connectivity index (χ0n) is 11.0. The van der Waals surface area contributed by atoms with Crippen molar-refractivity contribution in [2.45, 2.75) is 25.3 Å². The minimum absolute atomic E-state index is 0.158. The second kappa shape index (κ2) is 6.72. The molecule has 0 aromatic heterocycles. The van der Waals surface area contributed by atoms with Gasteiger partial charge in [0.1, 0.15) is 6.04 Å². The van der Waals surface area contributed by atoms with Crippen LogP contribution in [-0.4, -0.2) is 41.0 Å². The molecule has 0 unspecified atom stereocenters. The van der Waals surface area contributed by atoms with Gasteiger partial charge in [-0.15, -0.1) is 0 Å². The van der Waals surface area contributed by atoms with Crippen molar-refractivity contribution < 1.29 is 14.7 Å². The number of likely N-dealkylation sites (tertiary alicyclic amines) is 1. The Morgan fingerprint density at radius 3 is 2.85 bits per heavy atom. The number of para-hydroxylation sites is 1. The number of nitrogens with zero attached hydrogens (tertiary/aromatic N) is 1. The molecule has 108 valence electrons. The Balaban J connectivity index is 1.84. The molecular weight excluding hydrogens is 280 g/mol. The van der Waals surface area contributed by atoms with Gasteiger partial charge in [-0.25, -0.2) is 0 Å². The zero-order valence-corrected chi connectivity index (χ0v) is 11.8. The Bertz CT molecular complexity index is 507. The van der Waals surface area contributed by atoms with Crippen LogP contribution in [0.4, 0.5) is 5.69 Å². The van der Waals surface area contributed by atoms with Crippen LogP contribution in [0.25, 0.3) is 0 Å². The molecule has 0 spiro atoms. The maximum absolute atomic E-state index is 11.9. The van der Waals surface area contributed by atoms with Crippen molar-refractivity contribution in [2.24, 2.45) is 0 Å². The zero-order chi connectivity index (χ0) is 14.5. The molecule has 0 bridgehead atoms. The number of rotatable bonds is 5. The van der Waals surface area contributed by atoms with E-state index in [1.54, 1.807) is 24.3 Å². The average molecular weight is 297 g/mol. The Kier molecular flexibility index (Phi) is 4.98. The first-order valence-electron chi connectivity index (χ1n) is 6.59. The maximum Gasteiger partial charge on any atom is 0.320 e. The molecule has 1 aliphatic heterocycles. The Morgan fingerprint density at radius 1 is 1.40 bits per heavy atom. The summed E-state index contributed by atoms with van der Waals surface area (Å²) in [6.07, 6.45) is 1.78. The van der Waals surface area contributed by atoms with Crippen LogP contribution >= 0.6 is 11.6 Å². The summed E-state index contributed by atoms with van der Waals surface area (Å²) < 4.78 is 0. The molecule has 6 heteroatoms. The normalized spacial score (nSPS) is 18.9. The van der Waals surface area contributed by atoms with Crippen molar-refractivity contribution in [2.75, 3.05) is 18.4 Å². The largest absolute Gasteiger partial charge is 0.480 e. The quantitative estimate of drug-likeness (QED) is 0.874. The lowest BCUT2D eigenvalue weighted by molar-refractivity contribution is -0.142. The van der Waals surface area contributed by atoms with E-state index >= 15 is 0 Å². The molecule has 1 heterocycles. The monoisotopic (exact) mass is 296 g/mol. The van der Waals surface area contributed by atoms with E-state index in [9.17, 15) is 9.59 Å². The third-order valence-electron chi connectivity index (χ3n) is 3.42. The van der Waals surface area contributed by atoms with Crippen molar-refractivity contribution in [3.8, 4) is 0 Å². The highest BCUT2D eigenvalue weighted by Crippen LogP contribution is 2.21. The maximum atomic E-state index is 11.9. The standard InChI is InChI=1S/C14H17ClN2O3/c15-10-4-1-2-5-11(10)16-13(18)7-9-17-8-3-6-12(17)14(19)20/h1-2,4-5,12H,3,6-9H2,(H,16,18)(H,19,20)/t12-/m0/s1. The number of amides is 1. The molecule has 1 fully saturated rings. The van der Waals surface area contributed by atoms with E-state index in [0.29, 0.717) is 23.7 Å². The highest BCUT2D eigenvalue weighted by molar-refractivity contribution is 6.33. The number of aliphatic carboxylic acids is 1. The fraction of sp³-hybridized carbons (Fsp3) is 0.429. The van der Waals surface area contributed by atoms with Gasteiger partial charge in [-0.2, -0.15) is 0 Å². The SMILES string of the molecule is O=C(CCN1CCC[C@H]1C(=O)O)Nc1ccccc1Cl. The average Bonchev–Trinajstić information content (AvgIpc) is 2.88. The van der Waals surface area contributed by atoms with Crippen LogP contribution in [0, 0.1) is 0 Å². The van der Waals surface area contributed by atoms with E-state index in [0.717, 1.165) is 13.0 Å². The van der Waals surface area contributed by atoms with E-state index in [2.05, 4.69) is 5.32 Å². The van der Waals surface area contributed by atoms with Gasteiger partial charge in [-0.1, -0.05) is 23.7 Å². The number of nitrogens with one attached hydrogen (secondary N) is 1. The molecule has 1 aliphatic rings. The summed E-state index contributed by atoms with van der Waals surface area (Å²) >= 11 is 5.96. The predicted octanol–water partition coefficient (Wildman–Crippen LogP) is 2.22. The molecule has 1 aromatic carbocycles. The number of hydrogen-bond acceptors (Lipinski definition) is 3. The third kappa shape index (κ3) is 3.71. The summed E-state index contributed by atoms with van der Waals surface area (Å²) in [6, 6.07) is 6.57. The Labute approximate surface area is 122 Å². The number of anilines is 1. The summed E-state index contributed by atoms with van der Waals surface area (Å²) in [4.78, 5) is 24.7. The lowest BCUT2D eigenvalue weighted by atomic mass is 10.2. The number of carbonyl (C=O) groups excluding carboxylic acids is 1. The van der Waals surface area contributed by atoms with Crippen molar-refractivity contribution >= 4 is 29.2 Å². The van der Waals surface area contributed by atoms with Crippen LogP contribution in [-0.2, 0) is 9.59 Å². The van der Waals surface area contributed by atoms with Crippen LogP contribution < -0.4 is 5.32 Å². The van der Waals surface area contributed by atoms with Gasteiger partial charge in [0.05, 0.1) is 10.7 Å². The number of carbonyl (C=O) groups is 2. The molecule has 0 saturated carbocycles. The number of carboxylic acid groups (broad SMARTS) is 1. The smallest absolute Gasteiger partial charge is 0.320 e. The second-order valence-electron chi connectivity index (χ2n) is 4.81. The van der Waals surface area contributed by atoms with Crippen LogP contribution in [0.1, 0.15) is 19.3 Å². The molecule has 1 atom stereocenters. The molecule has 5 nitrogen and oxygen atoms in total. The first-order valence-corrected chi connectivity index (χ1v) is 6.97. The van der Waals surface area contributed by atoms with Crippen molar-refractivity contribution in [1.82, 2.24) is 4.90 Å². The van der Waals surface area contributed by atoms with Crippen LogP contribution in [0.15, 0.2) is 24.3 Å². The van der Waals surface area contributed by atoms with Gasteiger partial charge in [0, 0.05) is 13.0 Å². The summed E-state index contributed by atoms with van der Waals surface area (Å²) in [5.74, 6) is -0.969. The second-order valence-corrected chi connectivity index (χ2v) is 5.22. The number of halogens is 1. The van der Waals surface area contributed by atoms with Gasteiger partial charge < -0.3 is 10.4 Å². The van der Waals surface area contributed by atoms with Crippen LogP contribution in [0.2, 0.25) is 5.02 Å². The summed E-state index contributed by atoms with van der Waals surface area (Å²) in [7, 11) is 0. The van der Waals surface area contributed by atoms with E-state index in [1.165, 1.54) is 0 Å². The summed E-state index contributed by atoms with van der Waals surface area (Å²) in [5, 5.41) is 12.3. The van der Waals surface area contributed by atoms with E-state index in [4.69, 9.17) is 16.7 Å². The predicted molar refractivity (Wildman–Crippen MR) is 76.9 cm³/mol. The number of benzene rings is 1. The van der Waals surface area contributed by atoms with Crippen LogP contribution in [0.5, 0.6) is 0 Å². The molecular formula is C14H17ClN2O3. The highest BCUT2D eigenvalue weighted by Gasteiger charge is 2.30. The topological polar surface area (TPSA) is 69.6 Å². The van der Waals surface area contributed by atoms with E-state index in [-0.39, 0.29) is 12.3 Å². The first-order chi connectivity index (χ1) is 9.58. The lowest BCUT2D eigenvalue weighted by Crippen LogP contribution is -2.37. The molecule has 2 N–H and O–H groups in total. The van der Waals surface area contributed by atoms with Gasteiger partial charge in [0.15, 0.2) is 0 Å². The van der Waals surface area contributed by atoms with Gasteiger partial charge in [-0.3, -0.25) is 14.5 Å². The minimum Gasteiger partial charge on any atom is -0.480 e. The molecule has 1 aromatic rings. The van der Waals surface area contributed by atoms with Crippen LogP contribution in [0.3, 0.4) is 0 Å². The molecule has 0 aliphatic carbocycles. The van der Waals surface area contributed by atoms with Gasteiger partial charge in [0.2, 0.25) is 5.91 Å². The fourth-order valence-electron chi connectivity index (χ4n) is 2.39. The highest BCUT2D eigenvalue weighted by atomic mass is 35.5. The fourth-order valence-corrected chi connectivity index (χ4v) is 2.58. The molecule has 1 saturated heterocycles. The van der Waals surface area contributed by atoms with Crippen molar-refractivity contribution in [1.29, 1.82) is 0 Å². The summed E-state index contributed by atoms with van der Waals surface area (Å²) in [6.45, 7) is 1.18.